The minimum atomic E-state index is -1.79. The zero-order valence-electron chi connectivity index (χ0n) is 14.6. The predicted molar refractivity (Wildman–Crippen MR) is 88.6 cm³/mol. The van der Waals surface area contributed by atoms with E-state index < -0.39 is 8.32 Å². The van der Waals surface area contributed by atoms with E-state index in [-0.39, 0.29) is 27.9 Å². The molecule has 3 aliphatic carbocycles. The third-order valence-electron chi connectivity index (χ3n) is 7.60. The van der Waals surface area contributed by atoms with Crippen LogP contribution in [0.3, 0.4) is 0 Å². The van der Waals surface area contributed by atoms with E-state index in [1.807, 2.05) is 6.08 Å². The number of ketones is 1. The van der Waals surface area contributed by atoms with Gasteiger partial charge in [0.25, 0.3) is 0 Å². The molecule has 0 N–H and O–H groups in total. The second-order valence-corrected chi connectivity index (χ2v) is 14.1. The summed E-state index contributed by atoms with van der Waals surface area (Å²) in [5.41, 5.74) is 0.150. The van der Waals surface area contributed by atoms with Gasteiger partial charge < -0.3 is 4.43 Å². The van der Waals surface area contributed by atoms with Crippen molar-refractivity contribution in [2.75, 3.05) is 0 Å². The Labute approximate surface area is 130 Å². The maximum absolute atomic E-state index is 12.4. The molecule has 0 radical (unpaired) electrons. The van der Waals surface area contributed by atoms with Crippen LogP contribution in [0.5, 0.6) is 0 Å². The van der Waals surface area contributed by atoms with Crippen LogP contribution >= 0.6 is 0 Å². The summed E-state index contributed by atoms with van der Waals surface area (Å²) in [6.45, 7) is 16.2. The Morgan fingerprint density at radius 3 is 2.43 bits per heavy atom. The molecule has 2 fully saturated rings. The fraction of sp³-hybridized carbons (Fsp3) is 0.833. The highest BCUT2D eigenvalue weighted by Crippen LogP contribution is 2.71. The van der Waals surface area contributed by atoms with E-state index >= 15 is 0 Å². The number of allylic oxidation sites excluding steroid dienone is 2. The molecule has 0 aromatic carbocycles. The van der Waals surface area contributed by atoms with Gasteiger partial charge in [0.05, 0.1) is 6.10 Å². The Morgan fingerprint density at radius 1 is 1.24 bits per heavy atom. The van der Waals surface area contributed by atoms with Crippen LogP contribution in [0.15, 0.2) is 12.2 Å². The fourth-order valence-electron chi connectivity index (χ4n) is 4.81. The maximum Gasteiger partial charge on any atom is 0.192 e. The summed E-state index contributed by atoms with van der Waals surface area (Å²) in [6.07, 6.45) is 6.50. The summed E-state index contributed by atoms with van der Waals surface area (Å²) in [5, 5.41) is 0.223. The molecule has 4 bridgehead atoms. The Balaban J connectivity index is 1.95. The molecule has 0 heterocycles. The van der Waals surface area contributed by atoms with Gasteiger partial charge in [-0.25, -0.2) is 0 Å². The fourth-order valence-corrected chi connectivity index (χ4v) is 6.21. The van der Waals surface area contributed by atoms with Crippen molar-refractivity contribution in [2.45, 2.75) is 71.7 Å². The molecule has 0 aromatic rings. The van der Waals surface area contributed by atoms with Gasteiger partial charge in [-0.05, 0) is 48.4 Å². The van der Waals surface area contributed by atoms with Crippen LogP contribution in [0.1, 0.15) is 47.5 Å². The van der Waals surface area contributed by atoms with Gasteiger partial charge in [-0.3, -0.25) is 4.79 Å². The van der Waals surface area contributed by atoms with Crippen LogP contribution in [-0.2, 0) is 9.22 Å². The first-order chi connectivity index (χ1) is 9.43. The first-order valence-electron chi connectivity index (χ1n) is 8.34. The highest BCUT2D eigenvalue weighted by molar-refractivity contribution is 6.74. The third kappa shape index (κ3) is 1.76. The smallest absolute Gasteiger partial charge is 0.192 e. The molecule has 118 valence electrons. The minimum absolute atomic E-state index is 0.000972. The molecular formula is C18H30O2Si. The van der Waals surface area contributed by atoms with Crippen LogP contribution in [0.2, 0.25) is 18.1 Å². The normalized spacial score (nSPS) is 45.5. The number of hydrogen-bond donors (Lipinski definition) is 0. The molecule has 0 aromatic heterocycles. The van der Waals surface area contributed by atoms with Gasteiger partial charge in [0.1, 0.15) is 0 Å². The molecule has 2 nitrogen and oxygen atoms in total. The van der Waals surface area contributed by atoms with Crippen LogP contribution in [0.25, 0.3) is 0 Å². The molecule has 0 aliphatic heterocycles. The highest BCUT2D eigenvalue weighted by Gasteiger charge is 2.71. The van der Waals surface area contributed by atoms with E-state index in [0.29, 0.717) is 11.7 Å². The van der Waals surface area contributed by atoms with Crippen LogP contribution in [-0.4, -0.2) is 20.2 Å². The van der Waals surface area contributed by atoms with Crippen molar-refractivity contribution in [2.24, 2.45) is 22.7 Å². The largest absolute Gasteiger partial charge is 0.413 e. The van der Waals surface area contributed by atoms with E-state index in [1.54, 1.807) is 0 Å². The minimum Gasteiger partial charge on any atom is -0.413 e. The maximum atomic E-state index is 12.4. The monoisotopic (exact) mass is 306 g/mol. The Bertz CT molecular complexity index is 516. The van der Waals surface area contributed by atoms with Gasteiger partial charge in [0.2, 0.25) is 0 Å². The van der Waals surface area contributed by atoms with Crippen molar-refractivity contribution in [3.63, 3.8) is 0 Å². The van der Waals surface area contributed by atoms with E-state index in [2.05, 4.69) is 53.8 Å². The molecule has 3 heteroatoms. The van der Waals surface area contributed by atoms with Gasteiger partial charge >= 0.3 is 0 Å². The lowest BCUT2D eigenvalue weighted by Crippen LogP contribution is -2.53. The summed E-state index contributed by atoms with van der Waals surface area (Å²) in [6, 6.07) is 0. The summed E-state index contributed by atoms with van der Waals surface area (Å²) in [4.78, 5) is 12.4. The molecule has 0 saturated heterocycles. The number of carbonyl (C=O) groups excluding carboxylic acids is 1. The van der Waals surface area contributed by atoms with Crippen molar-refractivity contribution in [1.29, 1.82) is 0 Å². The van der Waals surface area contributed by atoms with E-state index in [4.69, 9.17) is 4.43 Å². The average Bonchev–Trinajstić information content (AvgIpc) is 2.60. The first kappa shape index (κ1) is 15.5. The lowest BCUT2D eigenvalue weighted by atomic mass is 9.61. The molecule has 2 saturated carbocycles. The molecular weight excluding hydrogens is 276 g/mol. The van der Waals surface area contributed by atoms with Gasteiger partial charge in [-0.2, -0.15) is 0 Å². The Kier molecular flexibility index (Phi) is 3.03. The Morgan fingerprint density at radius 2 is 1.86 bits per heavy atom. The second-order valence-electron chi connectivity index (χ2n) is 9.39. The van der Waals surface area contributed by atoms with Crippen LogP contribution in [0, 0.1) is 22.7 Å². The topological polar surface area (TPSA) is 26.3 Å². The van der Waals surface area contributed by atoms with Crippen molar-refractivity contribution in [1.82, 2.24) is 0 Å². The van der Waals surface area contributed by atoms with Crippen molar-refractivity contribution in [3.8, 4) is 0 Å². The first-order valence-corrected chi connectivity index (χ1v) is 11.3. The van der Waals surface area contributed by atoms with E-state index in [0.717, 1.165) is 12.8 Å². The van der Waals surface area contributed by atoms with Gasteiger partial charge in [0, 0.05) is 11.3 Å². The number of carbonyl (C=O) groups is 1. The third-order valence-corrected chi connectivity index (χ3v) is 12.1. The molecule has 0 unspecified atom stereocenters. The van der Waals surface area contributed by atoms with Crippen molar-refractivity contribution >= 4 is 14.1 Å². The molecule has 21 heavy (non-hydrogen) atoms. The van der Waals surface area contributed by atoms with E-state index in [1.165, 1.54) is 0 Å². The summed E-state index contributed by atoms with van der Waals surface area (Å²) in [5.74, 6) is 1.13. The molecule has 5 atom stereocenters. The van der Waals surface area contributed by atoms with Crippen LogP contribution in [0.4, 0.5) is 0 Å². The molecule has 0 amide bonds. The average molecular weight is 307 g/mol. The zero-order valence-corrected chi connectivity index (χ0v) is 15.6. The second kappa shape index (κ2) is 4.11. The molecule has 0 spiro atoms. The summed E-state index contributed by atoms with van der Waals surface area (Å²) < 4.78 is 6.80. The number of rotatable bonds is 2. The summed E-state index contributed by atoms with van der Waals surface area (Å²) in [7, 11) is -1.79. The quantitative estimate of drug-likeness (QED) is 0.699. The standard InChI is InChI=1S/C18H30O2Si/c1-16(2,3)21(6,7)20-15-11-12-10-13-14(19)8-9-17(12,4)18(13,15)5/h8-9,12-13,15H,10-11H2,1-7H3/t12-,13-,15-,17+,18+/m1/s1. The molecule has 3 rings (SSSR count). The van der Waals surface area contributed by atoms with E-state index in [9.17, 15) is 4.79 Å². The lowest BCUT2D eigenvalue weighted by molar-refractivity contribution is -0.127. The zero-order chi connectivity index (χ0) is 15.8. The van der Waals surface area contributed by atoms with Gasteiger partial charge in [-0.15, -0.1) is 0 Å². The van der Waals surface area contributed by atoms with Gasteiger partial charge in [0.15, 0.2) is 14.1 Å². The highest BCUT2D eigenvalue weighted by atomic mass is 28.4. The van der Waals surface area contributed by atoms with Crippen molar-refractivity contribution < 1.29 is 9.22 Å². The van der Waals surface area contributed by atoms with Crippen LogP contribution < -0.4 is 0 Å². The van der Waals surface area contributed by atoms with Gasteiger partial charge in [-0.1, -0.05) is 40.7 Å². The SMILES string of the molecule is CC(C)(C)[Si](C)(C)O[C@@H]1C[C@H]2C[C@@H]3C(=O)C=C[C@]2(C)[C@@]31C. The summed E-state index contributed by atoms with van der Waals surface area (Å²) >= 11 is 0. The van der Waals surface area contributed by atoms with Crippen molar-refractivity contribution in [3.05, 3.63) is 12.2 Å². The number of hydrogen-bond acceptors (Lipinski definition) is 2. The Hall–Kier alpha value is -0.413. The predicted octanol–water partition coefficient (Wildman–Crippen LogP) is 4.57. The molecule has 3 aliphatic rings. The lowest BCUT2D eigenvalue weighted by Gasteiger charge is -2.49.